The molecule has 1 N–H and O–H groups in total. The average molecular weight is 302 g/mol. The van der Waals surface area contributed by atoms with Gasteiger partial charge in [-0.15, -0.1) is 0 Å². The quantitative estimate of drug-likeness (QED) is 0.850. The summed E-state index contributed by atoms with van der Waals surface area (Å²) < 4.78 is 7.25. The molecule has 0 spiro atoms. The molecule has 2 heterocycles. The SMILES string of the molecule is Cc1cnn(CCC(=O)NCc2ccc(OC(C)C)nc2)c1. The minimum atomic E-state index is -0.00402. The Bertz CT molecular complexity index is 605. The predicted octanol–water partition coefficient (Wildman–Crippen LogP) is 2.08. The molecule has 0 atom stereocenters. The summed E-state index contributed by atoms with van der Waals surface area (Å²) in [4.78, 5) is 16.0. The zero-order valence-electron chi connectivity index (χ0n) is 13.2. The normalized spacial score (nSPS) is 10.7. The van der Waals surface area contributed by atoms with Crippen LogP contribution in [0.3, 0.4) is 0 Å². The fourth-order valence-electron chi connectivity index (χ4n) is 1.92. The van der Waals surface area contributed by atoms with Gasteiger partial charge in [0, 0.05) is 38.0 Å². The zero-order valence-corrected chi connectivity index (χ0v) is 13.2. The third kappa shape index (κ3) is 5.20. The molecule has 1 amide bonds. The van der Waals surface area contributed by atoms with Gasteiger partial charge in [-0.1, -0.05) is 6.07 Å². The molecule has 0 radical (unpaired) electrons. The van der Waals surface area contributed by atoms with Gasteiger partial charge in [-0.3, -0.25) is 9.48 Å². The number of rotatable bonds is 7. The van der Waals surface area contributed by atoms with E-state index in [1.54, 1.807) is 17.1 Å². The van der Waals surface area contributed by atoms with Gasteiger partial charge in [-0.25, -0.2) is 4.98 Å². The Kier molecular flexibility index (Phi) is 5.52. The molecule has 0 aliphatic heterocycles. The van der Waals surface area contributed by atoms with Crippen LogP contribution in [0.5, 0.6) is 5.88 Å². The predicted molar refractivity (Wildman–Crippen MR) is 83.4 cm³/mol. The Hall–Kier alpha value is -2.37. The summed E-state index contributed by atoms with van der Waals surface area (Å²) >= 11 is 0. The maximum absolute atomic E-state index is 11.8. The molecule has 0 aromatic carbocycles. The van der Waals surface area contributed by atoms with Crippen molar-refractivity contribution in [3.63, 3.8) is 0 Å². The van der Waals surface area contributed by atoms with Crippen molar-refractivity contribution in [3.8, 4) is 5.88 Å². The zero-order chi connectivity index (χ0) is 15.9. The van der Waals surface area contributed by atoms with Gasteiger partial charge in [0.2, 0.25) is 11.8 Å². The molecule has 0 saturated carbocycles. The number of nitrogens with zero attached hydrogens (tertiary/aromatic N) is 3. The number of hydrogen-bond acceptors (Lipinski definition) is 4. The van der Waals surface area contributed by atoms with Crippen LogP contribution in [-0.4, -0.2) is 26.8 Å². The number of amides is 1. The molecule has 22 heavy (non-hydrogen) atoms. The molecule has 2 aromatic rings. The second kappa shape index (κ2) is 7.59. The van der Waals surface area contributed by atoms with E-state index in [0.29, 0.717) is 25.4 Å². The minimum Gasteiger partial charge on any atom is -0.475 e. The number of aryl methyl sites for hydroxylation is 2. The average Bonchev–Trinajstić information content (AvgIpc) is 2.89. The lowest BCUT2D eigenvalue weighted by molar-refractivity contribution is -0.121. The van der Waals surface area contributed by atoms with Gasteiger partial charge in [0.1, 0.15) is 0 Å². The lowest BCUT2D eigenvalue weighted by Gasteiger charge is -2.09. The Morgan fingerprint density at radius 2 is 2.18 bits per heavy atom. The van der Waals surface area contributed by atoms with Gasteiger partial charge in [0.25, 0.3) is 0 Å². The van der Waals surface area contributed by atoms with Crippen molar-refractivity contribution < 1.29 is 9.53 Å². The molecule has 0 fully saturated rings. The first kappa shape index (κ1) is 16.0. The van der Waals surface area contributed by atoms with Crippen LogP contribution in [0.2, 0.25) is 0 Å². The summed E-state index contributed by atoms with van der Waals surface area (Å²) in [7, 11) is 0. The molecule has 0 unspecified atom stereocenters. The van der Waals surface area contributed by atoms with Crippen molar-refractivity contribution in [1.82, 2.24) is 20.1 Å². The Labute approximate surface area is 130 Å². The molecule has 2 rings (SSSR count). The first-order chi connectivity index (χ1) is 10.5. The van der Waals surface area contributed by atoms with Crippen molar-refractivity contribution in [2.75, 3.05) is 0 Å². The van der Waals surface area contributed by atoms with Gasteiger partial charge in [-0.05, 0) is 31.9 Å². The van der Waals surface area contributed by atoms with Crippen molar-refractivity contribution >= 4 is 5.91 Å². The van der Waals surface area contributed by atoms with Gasteiger partial charge in [-0.2, -0.15) is 5.10 Å². The van der Waals surface area contributed by atoms with E-state index in [4.69, 9.17) is 4.74 Å². The highest BCUT2D eigenvalue weighted by molar-refractivity contribution is 5.75. The number of hydrogen-bond donors (Lipinski definition) is 1. The first-order valence-electron chi connectivity index (χ1n) is 7.40. The topological polar surface area (TPSA) is 69.0 Å². The molecule has 0 saturated heterocycles. The Morgan fingerprint density at radius 3 is 2.77 bits per heavy atom. The van der Waals surface area contributed by atoms with Crippen LogP contribution in [0.4, 0.5) is 0 Å². The number of carbonyl (C=O) groups is 1. The highest BCUT2D eigenvalue weighted by atomic mass is 16.5. The number of carbonyl (C=O) groups excluding carboxylic acids is 1. The van der Waals surface area contributed by atoms with Crippen molar-refractivity contribution in [3.05, 3.63) is 41.9 Å². The van der Waals surface area contributed by atoms with E-state index in [2.05, 4.69) is 15.4 Å². The smallest absolute Gasteiger partial charge is 0.222 e. The molecule has 2 aromatic heterocycles. The summed E-state index contributed by atoms with van der Waals surface area (Å²) in [6.45, 7) is 6.93. The van der Waals surface area contributed by atoms with Gasteiger partial charge >= 0.3 is 0 Å². The molecule has 0 bridgehead atoms. The fourth-order valence-corrected chi connectivity index (χ4v) is 1.92. The van der Waals surface area contributed by atoms with E-state index in [0.717, 1.165) is 11.1 Å². The lowest BCUT2D eigenvalue weighted by Crippen LogP contribution is -2.24. The first-order valence-corrected chi connectivity index (χ1v) is 7.40. The third-order valence-electron chi connectivity index (χ3n) is 2.97. The third-order valence-corrected chi connectivity index (χ3v) is 2.97. The van der Waals surface area contributed by atoms with Crippen LogP contribution in [0, 0.1) is 6.92 Å². The number of pyridine rings is 1. The fraction of sp³-hybridized carbons (Fsp3) is 0.438. The van der Waals surface area contributed by atoms with Crippen LogP contribution in [-0.2, 0) is 17.9 Å². The van der Waals surface area contributed by atoms with Crippen molar-refractivity contribution in [1.29, 1.82) is 0 Å². The van der Waals surface area contributed by atoms with Gasteiger partial charge in [0.05, 0.1) is 12.3 Å². The molecule has 6 nitrogen and oxygen atoms in total. The highest BCUT2D eigenvalue weighted by Gasteiger charge is 2.04. The van der Waals surface area contributed by atoms with Crippen LogP contribution in [0.15, 0.2) is 30.7 Å². The highest BCUT2D eigenvalue weighted by Crippen LogP contribution is 2.09. The summed E-state index contributed by atoms with van der Waals surface area (Å²) in [5, 5.41) is 7.03. The number of nitrogens with one attached hydrogen (secondary N) is 1. The summed E-state index contributed by atoms with van der Waals surface area (Å²) in [5.74, 6) is 0.592. The van der Waals surface area contributed by atoms with E-state index in [1.807, 2.05) is 39.1 Å². The number of aromatic nitrogens is 3. The largest absolute Gasteiger partial charge is 0.475 e. The van der Waals surface area contributed by atoms with Crippen LogP contribution in [0.1, 0.15) is 31.4 Å². The standard InChI is InChI=1S/C16H22N4O2/c1-12(2)22-16-5-4-14(10-18-16)9-17-15(21)6-7-20-11-13(3)8-19-20/h4-5,8,10-12H,6-7,9H2,1-3H3,(H,17,21). The maximum atomic E-state index is 11.8. The maximum Gasteiger partial charge on any atom is 0.222 e. The summed E-state index contributed by atoms with van der Waals surface area (Å²) in [5.41, 5.74) is 2.04. The molecular formula is C16H22N4O2. The number of ether oxygens (including phenoxy) is 1. The molecule has 6 heteroatoms. The van der Waals surface area contributed by atoms with Crippen molar-refractivity contribution in [2.24, 2.45) is 0 Å². The monoisotopic (exact) mass is 302 g/mol. The molecule has 118 valence electrons. The second-order valence-electron chi connectivity index (χ2n) is 5.48. The minimum absolute atomic E-state index is 0.00402. The van der Waals surface area contributed by atoms with Gasteiger partial charge < -0.3 is 10.1 Å². The second-order valence-corrected chi connectivity index (χ2v) is 5.48. The molecule has 0 aliphatic carbocycles. The van der Waals surface area contributed by atoms with Crippen LogP contribution < -0.4 is 10.1 Å². The van der Waals surface area contributed by atoms with E-state index in [-0.39, 0.29) is 12.0 Å². The van der Waals surface area contributed by atoms with Crippen molar-refractivity contribution in [2.45, 2.75) is 46.4 Å². The lowest BCUT2D eigenvalue weighted by atomic mass is 10.2. The van der Waals surface area contributed by atoms with Crippen LogP contribution in [0.25, 0.3) is 0 Å². The van der Waals surface area contributed by atoms with E-state index in [9.17, 15) is 4.79 Å². The summed E-state index contributed by atoms with van der Waals surface area (Å²) in [6, 6.07) is 3.72. The Morgan fingerprint density at radius 1 is 1.36 bits per heavy atom. The summed E-state index contributed by atoms with van der Waals surface area (Å²) in [6.07, 6.45) is 5.93. The van der Waals surface area contributed by atoms with E-state index in [1.165, 1.54) is 0 Å². The Balaban J connectivity index is 1.73. The van der Waals surface area contributed by atoms with E-state index < -0.39 is 0 Å². The molecule has 0 aliphatic rings. The van der Waals surface area contributed by atoms with Crippen LogP contribution >= 0.6 is 0 Å². The molecular weight excluding hydrogens is 280 g/mol. The van der Waals surface area contributed by atoms with Gasteiger partial charge in [0.15, 0.2) is 0 Å². The van der Waals surface area contributed by atoms with E-state index >= 15 is 0 Å².